The van der Waals surface area contributed by atoms with Crippen LogP contribution < -0.4 is 5.32 Å². The summed E-state index contributed by atoms with van der Waals surface area (Å²) in [6.07, 6.45) is 1.30. The van der Waals surface area contributed by atoms with Crippen molar-refractivity contribution in [3.8, 4) is 0 Å². The second-order valence-corrected chi connectivity index (χ2v) is 6.48. The van der Waals surface area contributed by atoms with Gasteiger partial charge in [0.25, 0.3) is 0 Å². The lowest BCUT2D eigenvalue weighted by Gasteiger charge is -2.37. The molecule has 3 nitrogen and oxygen atoms in total. The maximum absolute atomic E-state index is 3.57. The van der Waals surface area contributed by atoms with Crippen LogP contribution in [0.3, 0.4) is 0 Å². The maximum atomic E-state index is 3.57. The third-order valence-corrected chi connectivity index (χ3v) is 4.29. The number of rotatable bonds is 5. The molecule has 1 saturated heterocycles. The predicted octanol–water partition coefficient (Wildman–Crippen LogP) is 2.04. The van der Waals surface area contributed by atoms with Gasteiger partial charge in [0, 0.05) is 24.7 Å². The Balaban J connectivity index is 2.50. The summed E-state index contributed by atoms with van der Waals surface area (Å²) in [5, 5.41) is 3.57. The molecule has 1 aliphatic heterocycles. The third kappa shape index (κ3) is 4.87. The molecular formula is C15H33N3. The van der Waals surface area contributed by atoms with Gasteiger partial charge in [-0.05, 0) is 52.9 Å². The lowest BCUT2D eigenvalue weighted by Crippen LogP contribution is -2.48. The molecule has 18 heavy (non-hydrogen) atoms. The van der Waals surface area contributed by atoms with Gasteiger partial charge in [-0.2, -0.15) is 0 Å². The molecule has 0 aromatic carbocycles. The van der Waals surface area contributed by atoms with E-state index in [-0.39, 0.29) is 0 Å². The molecule has 0 saturated carbocycles. The van der Waals surface area contributed by atoms with Crippen molar-refractivity contribution in [2.24, 2.45) is 5.92 Å². The molecule has 1 heterocycles. The van der Waals surface area contributed by atoms with Crippen molar-refractivity contribution in [3.05, 3.63) is 0 Å². The van der Waals surface area contributed by atoms with E-state index in [9.17, 15) is 0 Å². The Bertz CT molecular complexity index is 230. The molecule has 3 atom stereocenters. The Morgan fingerprint density at radius 3 is 2.44 bits per heavy atom. The van der Waals surface area contributed by atoms with E-state index in [0.717, 1.165) is 6.54 Å². The summed E-state index contributed by atoms with van der Waals surface area (Å²) < 4.78 is 0. The van der Waals surface area contributed by atoms with E-state index in [0.29, 0.717) is 24.0 Å². The van der Waals surface area contributed by atoms with Crippen molar-refractivity contribution in [2.45, 2.75) is 59.2 Å². The largest absolute Gasteiger partial charge is 0.314 e. The van der Waals surface area contributed by atoms with Crippen LogP contribution in [0.1, 0.15) is 41.0 Å². The summed E-state index contributed by atoms with van der Waals surface area (Å²) in [5.74, 6) is 0.707. The SMILES string of the molecule is CC(C)NCC(C)C(C)N1CCCN(C)CC1C. The number of hydrogen-bond acceptors (Lipinski definition) is 3. The molecule has 0 amide bonds. The molecule has 0 bridgehead atoms. The number of likely N-dealkylation sites (N-methyl/N-ethyl adjacent to an activating group) is 1. The lowest BCUT2D eigenvalue weighted by atomic mass is 10.00. The fraction of sp³-hybridized carbons (Fsp3) is 1.00. The molecule has 108 valence electrons. The summed E-state index contributed by atoms with van der Waals surface area (Å²) in [5.41, 5.74) is 0. The number of hydrogen-bond donors (Lipinski definition) is 1. The van der Waals surface area contributed by atoms with Gasteiger partial charge >= 0.3 is 0 Å². The van der Waals surface area contributed by atoms with E-state index >= 15 is 0 Å². The average Bonchev–Trinajstić information content (AvgIpc) is 2.45. The smallest absolute Gasteiger partial charge is 0.0197 e. The second-order valence-electron chi connectivity index (χ2n) is 6.48. The first kappa shape index (κ1) is 15.9. The standard InChI is InChI=1S/C15H33N3/c1-12(2)16-10-13(3)15(5)18-9-7-8-17(6)11-14(18)4/h12-16H,7-11H2,1-6H3. The summed E-state index contributed by atoms with van der Waals surface area (Å²) in [6, 6.07) is 1.93. The minimum absolute atomic E-state index is 0.590. The minimum atomic E-state index is 0.590. The fourth-order valence-corrected chi connectivity index (χ4v) is 2.91. The zero-order valence-corrected chi connectivity index (χ0v) is 13.2. The van der Waals surface area contributed by atoms with Crippen molar-refractivity contribution in [1.82, 2.24) is 15.1 Å². The maximum Gasteiger partial charge on any atom is 0.0197 e. The topological polar surface area (TPSA) is 18.5 Å². The van der Waals surface area contributed by atoms with E-state index in [1.165, 1.54) is 26.1 Å². The Labute approximate surface area is 114 Å². The first-order valence-electron chi connectivity index (χ1n) is 7.59. The first-order valence-corrected chi connectivity index (χ1v) is 7.59. The summed E-state index contributed by atoms with van der Waals surface area (Å²) in [6.45, 7) is 16.4. The van der Waals surface area contributed by atoms with Crippen LogP contribution in [0.5, 0.6) is 0 Å². The third-order valence-electron chi connectivity index (χ3n) is 4.29. The van der Waals surface area contributed by atoms with Crippen LogP contribution in [0.4, 0.5) is 0 Å². The summed E-state index contributed by atoms with van der Waals surface area (Å²) >= 11 is 0. The molecular weight excluding hydrogens is 222 g/mol. The van der Waals surface area contributed by atoms with Crippen LogP contribution in [0, 0.1) is 5.92 Å². The van der Waals surface area contributed by atoms with Gasteiger partial charge in [-0.25, -0.2) is 0 Å². The quantitative estimate of drug-likeness (QED) is 0.811. The molecule has 3 heteroatoms. The zero-order chi connectivity index (χ0) is 13.7. The molecule has 1 N–H and O–H groups in total. The van der Waals surface area contributed by atoms with Crippen LogP contribution >= 0.6 is 0 Å². The van der Waals surface area contributed by atoms with Crippen LogP contribution in [0.2, 0.25) is 0 Å². The van der Waals surface area contributed by atoms with Gasteiger partial charge in [0.15, 0.2) is 0 Å². The normalized spacial score (nSPS) is 27.2. The fourth-order valence-electron chi connectivity index (χ4n) is 2.91. The van der Waals surface area contributed by atoms with Gasteiger partial charge in [-0.1, -0.05) is 20.8 Å². The molecule has 0 aromatic rings. The Hall–Kier alpha value is -0.120. The molecule has 3 unspecified atom stereocenters. The highest BCUT2D eigenvalue weighted by atomic mass is 15.2. The van der Waals surface area contributed by atoms with Crippen LogP contribution in [-0.4, -0.2) is 61.2 Å². The lowest BCUT2D eigenvalue weighted by molar-refractivity contribution is 0.115. The minimum Gasteiger partial charge on any atom is -0.314 e. The van der Waals surface area contributed by atoms with Crippen LogP contribution in [-0.2, 0) is 0 Å². The van der Waals surface area contributed by atoms with Crippen molar-refractivity contribution < 1.29 is 0 Å². The van der Waals surface area contributed by atoms with E-state index in [1.807, 2.05) is 0 Å². The van der Waals surface area contributed by atoms with Gasteiger partial charge in [0.1, 0.15) is 0 Å². The van der Waals surface area contributed by atoms with Gasteiger partial charge in [0.2, 0.25) is 0 Å². The Kier molecular flexibility index (Phi) is 6.61. The van der Waals surface area contributed by atoms with Crippen molar-refractivity contribution >= 4 is 0 Å². The van der Waals surface area contributed by atoms with Gasteiger partial charge in [-0.15, -0.1) is 0 Å². The molecule has 0 aromatic heterocycles. The second kappa shape index (κ2) is 7.46. The molecule has 0 radical (unpaired) electrons. The predicted molar refractivity (Wildman–Crippen MR) is 80.0 cm³/mol. The summed E-state index contributed by atoms with van der Waals surface area (Å²) in [4.78, 5) is 5.17. The van der Waals surface area contributed by atoms with Gasteiger partial charge in [-0.3, -0.25) is 4.90 Å². The number of nitrogens with zero attached hydrogens (tertiary/aromatic N) is 2. The summed E-state index contributed by atoms with van der Waals surface area (Å²) in [7, 11) is 2.24. The van der Waals surface area contributed by atoms with Crippen molar-refractivity contribution in [1.29, 1.82) is 0 Å². The van der Waals surface area contributed by atoms with E-state index in [2.05, 4.69) is 56.8 Å². The molecule has 1 aliphatic rings. The van der Waals surface area contributed by atoms with Gasteiger partial charge in [0.05, 0.1) is 0 Å². The Morgan fingerprint density at radius 2 is 1.83 bits per heavy atom. The Morgan fingerprint density at radius 1 is 1.17 bits per heavy atom. The van der Waals surface area contributed by atoms with E-state index in [1.54, 1.807) is 0 Å². The molecule has 0 aliphatic carbocycles. The molecule has 0 spiro atoms. The van der Waals surface area contributed by atoms with Crippen molar-refractivity contribution in [2.75, 3.05) is 33.2 Å². The zero-order valence-electron chi connectivity index (χ0n) is 13.2. The van der Waals surface area contributed by atoms with Crippen LogP contribution in [0.15, 0.2) is 0 Å². The average molecular weight is 255 g/mol. The molecule has 1 fully saturated rings. The monoisotopic (exact) mass is 255 g/mol. The highest BCUT2D eigenvalue weighted by molar-refractivity contribution is 4.82. The van der Waals surface area contributed by atoms with Crippen molar-refractivity contribution in [3.63, 3.8) is 0 Å². The van der Waals surface area contributed by atoms with E-state index in [4.69, 9.17) is 0 Å². The number of nitrogens with one attached hydrogen (secondary N) is 1. The van der Waals surface area contributed by atoms with E-state index < -0.39 is 0 Å². The van der Waals surface area contributed by atoms with Crippen LogP contribution in [0.25, 0.3) is 0 Å². The highest BCUT2D eigenvalue weighted by Crippen LogP contribution is 2.17. The van der Waals surface area contributed by atoms with Gasteiger partial charge < -0.3 is 10.2 Å². The highest BCUT2D eigenvalue weighted by Gasteiger charge is 2.26. The first-order chi connectivity index (χ1) is 8.41. The molecule has 1 rings (SSSR count).